The lowest BCUT2D eigenvalue weighted by Gasteiger charge is -1.59. The number of nitrogens with zero attached hydrogens (tertiary/aromatic N) is 2. The van der Waals surface area contributed by atoms with Crippen molar-refractivity contribution in [3.05, 3.63) is 0 Å². The average Bonchev–Trinajstić information content (AvgIpc) is 1.41. The summed E-state index contributed by atoms with van der Waals surface area (Å²) in [5.41, 5.74) is 0. The summed E-state index contributed by atoms with van der Waals surface area (Å²) >= 11 is 0. The minimum Gasteiger partial charge on any atom is -0.286 e. The molecule has 0 aliphatic carbocycles. The Labute approximate surface area is 30.8 Å². The van der Waals surface area contributed by atoms with E-state index in [1.54, 1.807) is 6.07 Å². The molecule has 0 saturated carbocycles. The molecule has 0 amide bonds. The molecule has 2 heteroatoms. The highest BCUT2D eigenvalue weighted by Crippen LogP contribution is 1.52. The maximum Gasteiger partial charge on any atom is 0.125 e. The zero-order valence-electron chi connectivity index (χ0n) is 2.81. The van der Waals surface area contributed by atoms with E-state index in [9.17, 15) is 0 Å². The summed E-state index contributed by atoms with van der Waals surface area (Å²) in [5.74, 6) is 0. The van der Waals surface area contributed by atoms with Gasteiger partial charge in [0.2, 0.25) is 0 Å². The second-order valence-corrected chi connectivity index (χ2v) is 0.540. The first-order chi connectivity index (χ1) is 2.41. The fourth-order valence-electron chi connectivity index (χ4n) is 0.0500. The lowest BCUT2D eigenvalue weighted by molar-refractivity contribution is 1.26. The van der Waals surface area contributed by atoms with E-state index in [0.29, 0.717) is 0 Å². The summed E-state index contributed by atoms with van der Waals surface area (Å²) in [4.78, 5) is 3.24. The predicted molar refractivity (Wildman–Crippen MR) is 20.0 cm³/mol. The van der Waals surface area contributed by atoms with Crippen LogP contribution in [0, 0.1) is 11.3 Å². The van der Waals surface area contributed by atoms with Gasteiger partial charge in [-0.05, 0) is 6.72 Å². The van der Waals surface area contributed by atoms with Gasteiger partial charge in [0.05, 0.1) is 6.07 Å². The number of hydrogen-bond donors (Lipinski definition) is 0. The van der Waals surface area contributed by atoms with Crippen molar-refractivity contribution in [3.8, 4) is 6.07 Å². The summed E-state index contributed by atoms with van der Waals surface area (Å²) in [6.07, 6.45) is 0. The molecule has 0 saturated heterocycles. The molecule has 0 radical (unpaired) electrons. The zero-order valence-corrected chi connectivity index (χ0v) is 2.81. The molecule has 0 aliphatic rings. The first-order valence-corrected chi connectivity index (χ1v) is 1.21. The Balaban J connectivity index is 2.75. The molecule has 0 aliphatic heterocycles. The van der Waals surface area contributed by atoms with Gasteiger partial charge in [0, 0.05) is 0 Å². The third kappa shape index (κ3) is 3.16. The van der Waals surface area contributed by atoms with E-state index >= 15 is 0 Å². The minimum absolute atomic E-state index is 0.208. The number of aliphatic imine (C=N–C) groups is 1. The standard InChI is InChI=1S/C3H4N2/c1-5-3-2-4/h1,3H2. The van der Waals surface area contributed by atoms with Crippen LogP contribution in [0.1, 0.15) is 0 Å². The first kappa shape index (κ1) is 4.16. The lowest BCUT2D eigenvalue weighted by Crippen LogP contribution is -1.61. The topological polar surface area (TPSA) is 36.1 Å². The number of rotatable bonds is 1. The summed E-state index contributed by atoms with van der Waals surface area (Å²) in [7, 11) is 0. The summed E-state index contributed by atoms with van der Waals surface area (Å²) in [5, 5.41) is 7.68. The molecule has 0 aromatic carbocycles. The molecule has 0 unspecified atom stereocenters. The maximum atomic E-state index is 7.68. The SMILES string of the molecule is C=NCC#N. The molecule has 2 nitrogen and oxygen atoms in total. The zero-order chi connectivity index (χ0) is 4.12. The second kappa shape index (κ2) is 3.16. The Morgan fingerprint density at radius 2 is 2.60 bits per heavy atom. The van der Waals surface area contributed by atoms with E-state index in [1.807, 2.05) is 0 Å². The molecule has 26 valence electrons. The molecule has 0 fully saturated rings. The van der Waals surface area contributed by atoms with Gasteiger partial charge < -0.3 is 0 Å². The van der Waals surface area contributed by atoms with Crippen LogP contribution in [-0.2, 0) is 0 Å². The van der Waals surface area contributed by atoms with Gasteiger partial charge >= 0.3 is 0 Å². The van der Waals surface area contributed by atoms with Gasteiger partial charge in [-0.15, -0.1) is 0 Å². The van der Waals surface area contributed by atoms with Crippen LogP contribution in [0.25, 0.3) is 0 Å². The van der Waals surface area contributed by atoms with Crippen molar-refractivity contribution in [3.63, 3.8) is 0 Å². The van der Waals surface area contributed by atoms with Gasteiger partial charge in [-0.1, -0.05) is 0 Å². The lowest BCUT2D eigenvalue weighted by atomic mass is 10.8. The van der Waals surface area contributed by atoms with Gasteiger partial charge in [0.25, 0.3) is 0 Å². The molecule has 0 atom stereocenters. The van der Waals surface area contributed by atoms with Crippen molar-refractivity contribution in [2.45, 2.75) is 0 Å². The van der Waals surface area contributed by atoms with Gasteiger partial charge in [0.1, 0.15) is 6.54 Å². The quantitative estimate of drug-likeness (QED) is 0.319. The van der Waals surface area contributed by atoms with Gasteiger partial charge in [0.15, 0.2) is 0 Å². The third-order valence-electron chi connectivity index (χ3n) is 0.183. The molecule has 0 spiro atoms. The van der Waals surface area contributed by atoms with Crippen molar-refractivity contribution in [1.82, 2.24) is 0 Å². The number of nitriles is 1. The molecule has 0 N–H and O–H groups in total. The molecule has 0 bridgehead atoms. The highest BCUT2D eigenvalue weighted by Gasteiger charge is 1.56. The summed E-state index contributed by atoms with van der Waals surface area (Å²) in [6, 6.07) is 1.79. The van der Waals surface area contributed by atoms with E-state index in [4.69, 9.17) is 5.26 Å². The Bertz CT molecular complexity index is 59.8. The molecule has 0 aromatic heterocycles. The van der Waals surface area contributed by atoms with Crippen LogP contribution in [-0.4, -0.2) is 13.3 Å². The van der Waals surface area contributed by atoms with Crippen LogP contribution in [0.2, 0.25) is 0 Å². The third-order valence-corrected chi connectivity index (χ3v) is 0.183. The first-order valence-electron chi connectivity index (χ1n) is 1.21. The van der Waals surface area contributed by atoms with Crippen molar-refractivity contribution in [1.29, 1.82) is 5.26 Å². The fourth-order valence-corrected chi connectivity index (χ4v) is 0.0500. The van der Waals surface area contributed by atoms with Crippen molar-refractivity contribution in [2.75, 3.05) is 6.54 Å². The monoisotopic (exact) mass is 68.0 g/mol. The Morgan fingerprint density at radius 1 is 2.00 bits per heavy atom. The van der Waals surface area contributed by atoms with E-state index in [1.165, 1.54) is 0 Å². The molecule has 0 rings (SSSR count). The van der Waals surface area contributed by atoms with Gasteiger partial charge in [-0.25, -0.2) is 0 Å². The van der Waals surface area contributed by atoms with Crippen molar-refractivity contribution >= 4 is 6.72 Å². The fraction of sp³-hybridized carbons (Fsp3) is 0.333. The largest absolute Gasteiger partial charge is 0.286 e. The van der Waals surface area contributed by atoms with Crippen LogP contribution in [0.3, 0.4) is 0 Å². The Kier molecular flexibility index (Phi) is 2.63. The number of hydrogen-bond acceptors (Lipinski definition) is 2. The van der Waals surface area contributed by atoms with Crippen molar-refractivity contribution in [2.24, 2.45) is 4.99 Å². The molecule has 0 heterocycles. The van der Waals surface area contributed by atoms with Crippen LogP contribution >= 0.6 is 0 Å². The summed E-state index contributed by atoms with van der Waals surface area (Å²) in [6.45, 7) is 3.29. The van der Waals surface area contributed by atoms with Crippen LogP contribution in [0.15, 0.2) is 4.99 Å². The van der Waals surface area contributed by atoms with Crippen molar-refractivity contribution < 1.29 is 0 Å². The average molecular weight is 68.1 g/mol. The Hall–Kier alpha value is -0.840. The predicted octanol–water partition coefficient (Wildman–Crippen LogP) is 0.211. The molecular formula is C3H4N2. The second-order valence-electron chi connectivity index (χ2n) is 0.540. The van der Waals surface area contributed by atoms with Crippen LogP contribution in [0.5, 0.6) is 0 Å². The molecule has 0 aromatic rings. The maximum absolute atomic E-state index is 7.68. The van der Waals surface area contributed by atoms with Gasteiger partial charge in [-0.2, -0.15) is 5.26 Å². The minimum atomic E-state index is 0.208. The van der Waals surface area contributed by atoms with Crippen LogP contribution < -0.4 is 0 Å². The molecular weight excluding hydrogens is 64.0 g/mol. The van der Waals surface area contributed by atoms with Crippen LogP contribution in [0.4, 0.5) is 0 Å². The Morgan fingerprint density at radius 3 is 2.60 bits per heavy atom. The van der Waals surface area contributed by atoms with E-state index in [2.05, 4.69) is 11.7 Å². The normalized spacial score (nSPS) is 5.40. The van der Waals surface area contributed by atoms with E-state index < -0.39 is 0 Å². The van der Waals surface area contributed by atoms with Gasteiger partial charge in [-0.3, -0.25) is 4.99 Å². The highest BCUT2D eigenvalue weighted by molar-refractivity contribution is 5.23. The van der Waals surface area contributed by atoms with E-state index in [0.717, 1.165) is 0 Å². The highest BCUT2D eigenvalue weighted by atomic mass is 14.7. The van der Waals surface area contributed by atoms with E-state index in [-0.39, 0.29) is 6.54 Å². The summed E-state index contributed by atoms with van der Waals surface area (Å²) < 4.78 is 0. The smallest absolute Gasteiger partial charge is 0.125 e. The molecule has 5 heavy (non-hydrogen) atoms.